The highest BCUT2D eigenvalue weighted by molar-refractivity contribution is 5.81. The maximum Gasteiger partial charge on any atom is 0.327 e. The SMILES string of the molecule is CCOC(=O)C(c1ccc(N)cc1)N1CCC(=O)CC1. The fourth-order valence-corrected chi connectivity index (χ4v) is 2.43. The van der Waals surface area contributed by atoms with Crippen LogP contribution in [-0.2, 0) is 14.3 Å². The van der Waals surface area contributed by atoms with Gasteiger partial charge in [0.1, 0.15) is 11.8 Å². The number of piperidine rings is 1. The van der Waals surface area contributed by atoms with E-state index in [4.69, 9.17) is 10.5 Å². The Hall–Kier alpha value is -1.88. The minimum atomic E-state index is -0.455. The third-order valence-corrected chi connectivity index (χ3v) is 3.48. The molecule has 1 aliphatic heterocycles. The number of hydrogen-bond acceptors (Lipinski definition) is 5. The molecule has 1 aromatic carbocycles. The van der Waals surface area contributed by atoms with Crippen molar-refractivity contribution in [1.29, 1.82) is 0 Å². The van der Waals surface area contributed by atoms with Crippen LogP contribution in [0.5, 0.6) is 0 Å². The van der Waals surface area contributed by atoms with Crippen LogP contribution in [0.15, 0.2) is 24.3 Å². The number of nitrogen functional groups attached to an aromatic ring is 1. The molecule has 0 saturated carbocycles. The van der Waals surface area contributed by atoms with E-state index in [0.29, 0.717) is 38.2 Å². The first-order valence-electron chi connectivity index (χ1n) is 6.89. The van der Waals surface area contributed by atoms with Crippen LogP contribution in [0, 0.1) is 0 Å². The predicted octanol–water partition coefficient (Wildman–Crippen LogP) is 1.54. The molecule has 0 aromatic heterocycles. The maximum absolute atomic E-state index is 12.2. The number of nitrogens with two attached hydrogens (primary N) is 1. The van der Waals surface area contributed by atoms with Crippen molar-refractivity contribution < 1.29 is 14.3 Å². The number of benzene rings is 1. The molecule has 1 saturated heterocycles. The van der Waals surface area contributed by atoms with E-state index in [0.717, 1.165) is 5.56 Å². The monoisotopic (exact) mass is 276 g/mol. The second-order valence-electron chi connectivity index (χ2n) is 4.90. The molecule has 2 rings (SSSR count). The third-order valence-electron chi connectivity index (χ3n) is 3.48. The van der Waals surface area contributed by atoms with Gasteiger partial charge >= 0.3 is 5.97 Å². The van der Waals surface area contributed by atoms with E-state index in [9.17, 15) is 9.59 Å². The second kappa shape index (κ2) is 6.52. The minimum absolute atomic E-state index is 0.251. The van der Waals surface area contributed by atoms with Crippen molar-refractivity contribution in [3.05, 3.63) is 29.8 Å². The van der Waals surface area contributed by atoms with E-state index in [1.807, 2.05) is 17.0 Å². The number of ether oxygens (including phenoxy) is 1. The van der Waals surface area contributed by atoms with Gasteiger partial charge in [-0.1, -0.05) is 12.1 Å². The number of carbonyl (C=O) groups excluding carboxylic acids is 2. The van der Waals surface area contributed by atoms with Gasteiger partial charge in [0.2, 0.25) is 0 Å². The van der Waals surface area contributed by atoms with Gasteiger partial charge in [0.15, 0.2) is 0 Å². The summed E-state index contributed by atoms with van der Waals surface area (Å²) in [5.41, 5.74) is 7.20. The molecule has 1 unspecified atom stereocenters. The van der Waals surface area contributed by atoms with Gasteiger partial charge in [-0.05, 0) is 24.6 Å². The molecule has 1 fully saturated rings. The Morgan fingerprint density at radius 3 is 2.45 bits per heavy atom. The summed E-state index contributed by atoms with van der Waals surface area (Å²) < 4.78 is 5.17. The van der Waals surface area contributed by atoms with Crippen molar-refractivity contribution in [2.75, 3.05) is 25.4 Å². The van der Waals surface area contributed by atoms with E-state index in [1.54, 1.807) is 19.1 Å². The third kappa shape index (κ3) is 3.36. The van der Waals surface area contributed by atoms with Crippen LogP contribution >= 0.6 is 0 Å². The molecule has 5 heteroatoms. The fraction of sp³-hybridized carbons (Fsp3) is 0.467. The van der Waals surface area contributed by atoms with Gasteiger partial charge in [-0.25, -0.2) is 4.79 Å². The van der Waals surface area contributed by atoms with Crippen molar-refractivity contribution in [2.24, 2.45) is 0 Å². The molecule has 1 aliphatic rings. The molecule has 0 bridgehead atoms. The molecule has 0 aliphatic carbocycles. The maximum atomic E-state index is 12.2. The summed E-state index contributed by atoms with van der Waals surface area (Å²) in [5, 5.41) is 0. The molecular formula is C15H20N2O3. The van der Waals surface area contributed by atoms with E-state index >= 15 is 0 Å². The normalized spacial score (nSPS) is 17.8. The molecule has 1 aromatic rings. The second-order valence-corrected chi connectivity index (χ2v) is 4.90. The van der Waals surface area contributed by atoms with Crippen LogP contribution in [0.2, 0.25) is 0 Å². The van der Waals surface area contributed by atoms with Gasteiger partial charge < -0.3 is 10.5 Å². The molecule has 1 atom stereocenters. The highest BCUT2D eigenvalue weighted by Gasteiger charge is 2.31. The van der Waals surface area contributed by atoms with Crippen LogP contribution in [0.1, 0.15) is 31.4 Å². The first-order valence-corrected chi connectivity index (χ1v) is 6.89. The van der Waals surface area contributed by atoms with Crippen molar-refractivity contribution in [1.82, 2.24) is 4.90 Å². The average molecular weight is 276 g/mol. The fourth-order valence-electron chi connectivity index (χ4n) is 2.43. The summed E-state index contributed by atoms with van der Waals surface area (Å²) in [5.74, 6) is -0.0206. The Balaban J connectivity index is 2.22. The summed E-state index contributed by atoms with van der Waals surface area (Å²) in [4.78, 5) is 25.6. The highest BCUT2D eigenvalue weighted by Crippen LogP contribution is 2.26. The van der Waals surface area contributed by atoms with Gasteiger partial charge in [0.05, 0.1) is 6.61 Å². The Morgan fingerprint density at radius 1 is 1.30 bits per heavy atom. The van der Waals surface area contributed by atoms with E-state index in [-0.39, 0.29) is 11.8 Å². The van der Waals surface area contributed by atoms with Crippen LogP contribution in [-0.4, -0.2) is 36.3 Å². The number of ketones is 1. The lowest BCUT2D eigenvalue weighted by Crippen LogP contribution is -2.41. The van der Waals surface area contributed by atoms with Crippen molar-refractivity contribution in [2.45, 2.75) is 25.8 Å². The first-order chi connectivity index (χ1) is 9.61. The molecular weight excluding hydrogens is 256 g/mol. The Labute approximate surface area is 118 Å². The van der Waals surface area contributed by atoms with E-state index in [1.165, 1.54) is 0 Å². The zero-order chi connectivity index (χ0) is 14.5. The molecule has 0 spiro atoms. The summed E-state index contributed by atoms with van der Waals surface area (Å²) in [7, 11) is 0. The van der Waals surface area contributed by atoms with Gasteiger partial charge in [0, 0.05) is 31.6 Å². The average Bonchev–Trinajstić information content (AvgIpc) is 2.44. The van der Waals surface area contributed by atoms with Crippen LogP contribution in [0.3, 0.4) is 0 Å². The smallest absolute Gasteiger partial charge is 0.327 e. The largest absolute Gasteiger partial charge is 0.465 e. The lowest BCUT2D eigenvalue weighted by Gasteiger charge is -2.32. The number of carbonyl (C=O) groups is 2. The Kier molecular flexibility index (Phi) is 4.74. The summed E-state index contributed by atoms with van der Waals surface area (Å²) in [6, 6.07) is 6.78. The first kappa shape index (κ1) is 14.5. The van der Waals surface area contributed by atoms with Gasteiger partial charge in [-0.15, -0.1) is 0 Å². The highest BCUT2D eigenvalue weighted by atomic mass is 16.5. The van der Waals surface area contributed by atoms with Crippen LogP contribution in [0.4, 0.5) is 5.69 Å². The van der Waals surface area contributed by atoms with Crippen molar-refractivity contribution >= 4 is 17.4 Å². The number of rotatable bonds is 4. The van der Waals surface area contributed by atoms with Crippen LogP contribution < -0.4 is 5.73 Å². The summed E-state index contributed by atoms with van der Waals surface area (Å²) >= 11 is 0. The van der Waals surface area contributed by atoms with E-state index < -0.39 is 6.04 Å². The number of hydrogen-bond donors (Lipinski definition) is 1. The Morgan fingerprint density at radius 2 is 1.90 bits per heavy atom. The molecule has 5 nitrogen and oxygen atoms in total. The number of anilines is 1. The quantitative estimate of drug-likeness (QED) is 0.667. The molecule has 2 N–H and O–H groups in total. The molecule has 0 radical (unpaired) electrons. The minimum Gasteiger partial charge on any atom is -0.465 e. The number of Topliss-reactive ketones (excluding diaryl/α,β-unsaturated/α-hetero) is 1. The number of likely N-dealkylation sites (tertiary alicyclic amines) is 1. The molecule has 0 amide bonds. The van der Waals surface area contributed by atoms with Crippen LogP contribution in [0.25, 0.3) is 0 Å². The molecule has 108 valence electrons. The van der Waals surface area contributed by atoms with Gasteiger partial charge in [-0.3, -0.25) is 9.69 Å². The van der Waals surface area contributed by atoms with E-state index in [2.05, 4.69) is 0 Å². The number of nitrogens with zero attached hydrogens (tertiary/aromatic N) is 1. The molecule has 20 heavy (non-hydrogen) atoms. The van der Waals surface area contributed by atoms with Gasteiger partial charge in [0.25, 0.3) is 0 Å². The topological polar surface area (TPSA) is 72.6 Å². The van der Waals surface area contributed by atoms with Gasteiger partial charge in [-0.2, -0.15) is 0 Å². The predicted molar refractivity (Wildman–Crippen MR) is 76.0 cm³/mol. The lowest BCUT2D eigenvalue weighted by molar-refractivity contribution is -0.151. The Bertz CT molecular complexity index is 474. The lowest BCUT2D eigenvalue weighted by atomic mass is 10.0. The van der Waals surface area contributed by atoms with Crippen molar-refractivity contribution in [3.63, 3.8) is 0 Å². The summed E-state index contributed by atoms with van der Waals surface area (Å²) in [6.45, 7) is 3.31. The summed E-state index contributed by atoms with van der Waals surface area (Å²) in [6.07, 6.45) is 0.982. The number of esters is 1. The van der Waals surface area contributed by atoms with Crippen molar-refractivity contribution in [3.8, 4) is 0 Å². The molecule has 1 heterocycles. The zero-order valence-electron chi connectivity index (χ0n) is 11.7. The zero-order valence-corrected chi connectivity index (χ0v) is 11.7. The standard InChI is InChI=1S/C15H20N2O3/c1-2-20-15(19)14(11-3-5-12(16)6-4-11)17-9-7-13(18)8-10-17/h3-6,14H,2,7-10,16H2,1H3.